The minimum Gasteiger partial charge on any atom is -0.492 e. The number of aromatic nitrogens is 2. The van der Waals surface area contributed by atoms with Crippen LogP contribution in [0.1, 0.15) is 10.5 Å². The van der Waals surface area contributed by atoms with Gasteiger partial charge in [0.05, 0.1) is 6.54 Å². The summed E-state index contributed by atoms with van der Waals surface area (Å²) in [5.74, 6) is 0.408. The van der Waals surface area contributed by atoms with E-state index in [0.717, 1.165) is 17.2 Å². The van der Waals surface area contributed by atoms with Gasteiger partial charge in [0, 0.05) is 21.8 Å². The summed E-state index contributed by atoms with van der Waals surface area (Å²) in [7, 11) is 0. The van der Waals surface area contributed by atoms with Crippen molar-refractivity contribution in [3.63, 3.8) is 0 Å². The van der Waals surface area contributed by atoms with Crippen LogP contribution in [0.15, 0.2) is 53.9 Å². The number of nitrogens with zero attached hydrogens (tertiary/aromatic N) is 2. The van der Waals surface area contributed by atoms with Crippen LogP contribution in [0.3, 0.4) is 0 Å². The van der Waals surface area contributed by atoms with Crippen molar-refractivity contribution in [1.82, 2.24) is 14.9 Å². The molecule has 0 fully saturated rings. The molecule has 0 aliphatic carbocycles. The molecular formula is C18H16ClN5O2S2. The molecule has 2 aromatic carbocycles. The van der Waals surface area contributed by atoms with Gasteiger partial charge in [0.25, 0.3) is 5.91 Å². The van der Waals surface area contributed by atoms with Gasteiger partial charge in [-0.1, -0.05) is 22.2 Å². The largest absolute Gasteiger partial charge is 0.492 e. The molecule has 3 aromatic rings. The van der Waals surface area contributed by atoms with Crippen LogP contribution >= 0.6 is 35.4 Å². The third kappa shape index (κ3) is 6.15. The lowest BCUT2D eigenvalue weighted by Gasteiger charge is -2.12. The highest BCUT2D eigenvalue weighted by atomic mass is 35.5. The average molecular weight is 434 g/mol. The van der Waals surface area contributed by atoms with Gasteiger partial charge in [-0.3, -0.25) is 4.79 Å². The maximum Gasteiger partial charge on any atom is 0.277 e. The van der Waals surface area contributed by atoms with Gasteiger partial charge in [0.1, 0.15) is 12.4 Å². The summed E-state index contributed by atoms with van der Waals surface area (Å²) in [6.07, 6.45) is 0. The number of ether oxygens (including phenoxy) is 1. The zero-order chi connectivity index (χ0) is 19.8. The first-order chi connectivity index (χ1) is 13.6. The van der Waals surface area contributed by atoms with Crippen LogP contribution in [0.25, 0.3) is 0 Å². The fourth-order valence-corrected chi connectivity index (χ4v) is 3.00. The number of rotatable bonds is 7. The third-order valence-electron chi connectivity index (χ3n) is 3.45. The molecule has 7 nitrogen and oxygen atoms in total. The van der Waals surface area contributed by atoms with Crippen LogP contribution in [0, 0.1) is 0 Å². The minimum absolute atomic E-state index is 0.289. The first-order valence-electron chi connectivity index (χ1n) is 8.22. The van der Waals surface area contributed by atoms with Crippen molar-refractivity contribution in [1.29, 1.82) is 0 Å². The summed E-state index contributed by atoms with van der Waals surface area (Å²) >= 11 is 12.3. The molecule has 0 unspecified atom stereocenters. The van der Waals surface area contributed by atoms with Crippen LogP contribution in [0.4, 0.5) is 11.4 Å². The third-order valence-corrected chi connectivity index (χ3v) is 4.43. The SMILES string of the molecule is O=C(Nc1ccc(NC(=S)NCCOc2cccc(Cl)c2)cc1)c1csnn1. The number of carbonyl (C=O) groups excluding carboxylic acids is 1. The molecule has 0 saturated carbocycles. The predicted octanol–water partition coefficient (Wildman–Crippen LogP) is 3.81. The molecule has 3 N–H and O–H groups in total. The first kappa shape index (κ1) is 20.0. The fraction of sp³-hybridized carbons (Fsp3) is 0.111. The second kappa shape index (κ2) is 9.98. The van der Waals surface area contributed by atoms with E-state index in [1.54, 1.807) is 29.6 Å². The van der Waals surface area contributed by atoms with Gasteiger partial charge in [-0.15, -0.1) is 5.10 Å². The summed E-state index contributed by atoms with van der Waals surface area (Å²) < 4.78 is 9.26. The Hall–Kier alpha value is -2.75. The minimum atomic E-state index is -0.300. The Bertz CT molecular complexity index is 935. The summed E-state index contributed by atoms with van der Waals surface area (Å²) in [6, 6.07) is 14.4. The Morgan fingerprint density at radius 3 is 2.57 bits per heavy atom. The molecule has 3 rings (SSSR count). The molecule has 144 valence electrons. The molecular weight excluding hydrogens is 418 g/mol. The van der Waals surface area contributed by atoms with E-state index in [1.165, 1.54) is 0 Å². The van der Waals surface area contributed by atoms with E-state index in [9.17, 15) is 4.79 Å². The standard InChI is InChI=1S/C18H16ClN5O2S2/c19-12-2-1-3-15(10-12)26-9-8-20-18(27)22-14-6-4-13(5-7-14)21-17(25)16-11-28-24-23-16/h1-7,10-11H,8-9H2,(H,21,25)(H2,20,22,27). The summed E-state index contributed by atoms with van der Waals surface area (Å²) in [5.41, 5.74) is 1.73. The van der Waals surface area contributed by atoms with Crippen LogP contribution < -0.4 is 20.7 Å². The summed E-state index contributed by atoms with van der Waals surface area (Å²) in [6.45, 7) is 0.979. The van der Waals surface area contributed by atoms with E-state index in [1.807, 2.05) is 24.3 Å². The van der Waals surface area contributed by atoms with Gasteiger partial charge in [-0.05, 0) is 66.2 Å². The highest BCUT2D eigenvalue weighted by Crippen LogP contribution is 2.17. The van der Waals surface area contributed by atoms with Crippen molar-refractivity contribution in [3.05, 3.63) is 64.6 Å². The van der Waals surface area contributed by atoms with Gasteiger partial charge in [0.2, 0.25) is 0 Å². The Balaban J connectivity index is 1.39. The van der Waals surface area contributed by atoms with E-state index in [2.05, 4.69) is 25.5 Å². The van der Waals surface area contributed by atoms with Gasteiger partial charge < -0.3 is 20.7 Å². The van der Waals surface area contributed by atoms with Crippen molar-refractivity contribution in [2.45, 2.75) is 0 Å². The van der Waals surface area contributed by atoms with E-state index in [-0.39, 0.29) is 11.6 Å². The maximum atomic E-state index is 11.9. The smallest absolute Gasteiger partial charge is 0.277 e. The van der Waals surface area contributed by atoms with Crippen LogP contribution in [-0.4, -0.2) is 33.8 Å². The molecule has 0 aliphatic rings. The Labute approximate surface area is 176 Å². The second-order valence-electron chi connectivity index (χ2n) is 5.51. The fourth-order valence-electron chi connectivity index (χ4n) is 2.16. The molecule has 0 radical (unpaired) electrons. The molecule has 10 heteroatoms. The first-order valence-corrected chi connectivity index (χ1v) is 9.84. The van der Waals surface area contributed by atoms with Gasteiger partial charge in [-0.25, -0.2) is 0 Å². The number of carbonyl (C=O) groups is 1. The molecule has 1 heterocycles. The molecule has 0 saturated heterocycles. The number of amides is 1. The van der Waals surface area contributed by atoms with E-state index in [4.69, 9.17) is 28.6 Å². The number of nitrogens with one attached hydrogen (secondary N) is 3. The lowest BCUT2D eigenvalue weighted by atomic mass is 10.2. The molecule has 0 bridgehead atoms. The van der Waals surface area contributed by atoms with E-state index < -0.39 is 0 Å². The van der Waals surface area contributed by atoms with Crippen molar-refractivity contribution >= 4 is 57.7 Å². The van der Waals surface area contributed by atoms with Gasteiger partial charge in [0.15, 0.2) is 10.8 Å². The lowest BCUT2D eigenvalue weighted by molar-refractivity contribution is 0.102. The summed E-state index contributed by atoms with van der Waals surface area (Å²) in [5, 5.41) is 15.3. The number of benzene rings is 2. The second-order valence-corrected chi connectivity index (χ2v) is 6.96. The van der Waals surface area contributed by atoms with Gasteiger partial charge in [-0.2, -0.15) is 0 Å². The quantitative estimate of drug-likeness (QED) is 0.385. The Morgan fingerprint density at radius 1 is 1.14 bits per heavy atom. The van der Waals surface area contributed by atoms with Crippen molar-refractivity contribution in [2.24, 2.45) is 0 Å². The van der Waals surface area contributed by atoms with Crippen LogP contribution in [-0.2, 0) is 0 Å². The zero-order valence-corrected chi connectivity index (χ0v) is 16.9. The number of halogens is 1. The molecule has 0 spiro atoms. The highest BCUT2D eigenvalue weighted by Gasteiger charge is 2.08. The zero-order valence-electron chi connectivity index (χ0n) is 14.5. The Morgan fingerprint density at radius 2 is 1.89 bits per heavy atom. The average Bonchev–Trinajstić information content (AvgIpc) is 3.22. The van der Waals surface area contributed by atoms with Crippen molar-refractivity contribution < 1.29 is 9.53 Å². The number of hydrogen-bond donors (Lipinski definition) is 3. The molecule has 0 atom stereocenters. The summed E-state index contributed by atoms with van der Waals surface area (Å²) in [4.78, 5) is 11.9. The number of thiocarbonyl (C=S) groups is 1. The van der Waals surface area contributed by atoms with E-state index in [0.29, 0.717) is 34.7 Å². The topological polar surface area (TPSA) is 88.2 Å². The lowest BCUT2D eigenvalue weighted by Crippen LogP contribution is -2.31. The molecule has 0 aliphatic heterocycles. The van der Waals surface area contributed by atoms with Crippen molar-refractivity contribution in [2.75, 3.05) is 23.8 Å². The monoisotopic (exact) mass is 433 g/mol. The maximum absolute atomic E-state index is 11.9. The number of hydrogen-bond acceptors (Lipinski definition) is 6. The molecule has 1 aromatic heterocycles. The normalized spacial score (nSPS) is 10.2. The van der Waals surface area contributed by atoms with Crippen LogP contribution in [0.5, 0.6) is 5.75 Å². The highest BCUT2D eigenvalue weighted by molar-refractivity contribution is 7.80. The molecule has 1 amide bonds. The van der Waals surface area contributed by atoms with E-state index >= 15 is 0 Å². The van der Waals surface area contributed by atoms with Crippen LogP contribution in [0.2, 0.25) is 5.02 Å². The van der Waals surface area contributed by atoms with Gasteiger partial charge >= 0.3 is 0 Å². The predicted molar refractivity (Wildman–Crippen MR) is 115 cm³/mol. The number of anilines is 2. The molecule has 28 heavy (non-hydrogen) atoms. The Kier molecular flexibility index (Phi) is 7.12. The van der Waals surface area contributed by atoms with Crippen molar-refractivity contribution in [3.8, 4) is 5.75 Å².